The summed E-state index contributed by atoms with van der Waals surface area (Å²) in [6, 6.07) is 9.29. The number of carbonyl (C=O) groups excluding carboxylic acids is 1. The van der Waals surface area contributed by atoms with Gasteiger partial charge in [-0.15, -0.1) is 5.10 Å². The summed E-state index contributed by atoms with van der Waals surface area (Å²) in [6.45, 7) is 0.336. The van der Waals surface area contributed by atoms with Gasteiger partial charge in [0.25, 0.3) is 0 Å². The van der Waals surface area contributed by atoms with Crippen LogP contribution in [-0.4, -0.2) is 52.1 Å². The van der Waals surface area contributed by atoms with Crippen molar-refractivity contribution < 1.29 is 4.79 Å². The highest BCUT2D eigenvalue weighted by molar-refractivity contribution is 9.10. The fourth-order valence-electron chi connectivity index (χ4n) is 2.49. The molecule has 3 rings (SSSR count). The van der Waals surface area contributed by atoms with Gasteiger partial charge in [-0.25, -0.2) is 9.48 Å². The number of hydrogen-bond acceptors (Lipinski definition) is 5. The third-order valence-corrected chi connectivity index (χ3v) is 4.38. The lowest BCUT2D eigenvalue weighted by atomic mass is 10.3. The maximum absolute atomic E-state index is 12.5. The number of aromatic nitrogens is 4. The van der Waals surface area contributed by atoms with Gasteiger partial charge in [0.2, 0.25) is 0 Å². The second-order valence-electron chi connectivity index (χ2n) is 6.21. The van der Waals surface area contributed by atoms with E-state index in [4.69, 9.17) is 0 Å². The Morgan fingerprint density at radius 1 is 1.26 bits per heavy atom. The number of benzene rings is 1. The van der Waals surface area contributed by atoms with Gasteiger partial charge in [0.05, 0.1) is 36.0 Å². The van der Waals surface area contributed by atoms with E-state index >= 15 is 0 Å². The molecule has 0 fully saturated rings. The van der Waals surface area contributed by atoms with Gasteiger partial charge in [0.15, 0.2) is 0 Å². The van der Waals surface area contributed by atoms with E-state index in [1.165, 1.54) is 0 Å². The summed E-state index contributed by atoms with van der Waals surface area (Å²) in [5, 5.41) is 11.2. The fourth-order valence-corrected chi connectivity index (χ4v) is 2.88. The minimum absolute atomic E-state index is 0.235. The van der Waals surface area contributed by atoms with Crippen LogP contribution in [0.2, 0.25) is 0 Å². The molecule has 0 radical (unpaired) electrons. The zero-order chi connectivity index (χ0) is 19.4. The van der Waals surface area contributed by atoms with Gasteiger partial charge in [0.1, 0.15) is 5.69 Å². The van der Waals surface area contributed by atoms with Crippen molar-refractivity contribution >= 4 is 33.3 Å². The fraction of sp³-hybridized carbons (Fsp3) is 0.222. The Balaban J connectivity index is 1.67. The topological polar surface area (TPSA) is 79.2 Å². The molecule has 2 amide bonds. The number of amides is 2. The molecule has 0 spiro atoms. The van der Waals surface area contributed by atoms with Crippen LogP contribution in [0.5, 0.6) is 0 Å². The molecule has 1 aromatic carbocycles. The Morgan fingerprint density at radius 2 is 2.07 bits per heavy atom. The predicted molar refractivity (Wildman–Crippen MR) is 108 cm³/mol. The number of carbonyl (C=O) groups is 1. The van der Waals surface area contributed by atoms with Gasteiger partial charge in [-0.05, 0) is 24.3 Å². The highest BCUT2D eigenvalue weighted by atomic mass is 79.9. The number of halogens is 1. The minimum Gasteiger partial charge on any atom is -0.375 e. The monoisotopic (exact) mass is 429 g/mol. The van der Waals surface area contributed by atoms with Crippen LogP contribution in [0.15, 0.2) is 53.4 Å². The van der Waals surface area contributed by atoms with Crippen LogP contribution in [0.1, 0.15) is 5.69 Å². The van der Waals surface area contributed by atoms with E-state index in [1.807, 2.05) is 49.5 Å². The molecule has 0 aliphatic carbocycles. The number of urea groups is 1. The molecule has 8 nitrogen and oxygen atoms in total. The molecule has 140 valence electrons. The molecule has 0 aliphatic heterocycles. The van der Waals surface area contributed by atoms with Crippen LogP contribution >= 0.6 is 15.9 Å². The molecule has 2 heterocycles. The summed E-state index contributed by atoms with van der Waals surface area (Å²) in [4.78, 5) is 20.1. The Bertz CT molecular complexity index is 941. The average Bonchev–Trinajstić information content (AvgIpc) is 3.10. The Hall–Kier alpha value is -2.94. The Labute approximate surface area is 165 Å². The molecule has 1 N–H and O–H groups in total. The maximum atomic E-state index is 12.5. The van der Waals surface area contributed by atoms with Crippen molar-refractivity contribution in [2.45, 2.75) is 6.54 Å². The van der Waals surface area contributed by atoms with Crippen molar-refractivity contribution in [3.05, 3.63) is 59.1 Å². The first-order valence-corrected chi connectivity index (χ1v) is 9.04. The molecule has 2 aromatic heterocycles. The second-order valence-corrected chi connectivity index (χ2v) is 7.12. The van der Waals surface area contributed by atoms with Crippen LogP contribution in [0.4, 0.5) is 16.2 Å². The van der Waals surface area contributed by atoms with E-state index in [9.17, 15) is 4.79 Å². The van der Waals surface area contributed by atoms with Gasteiger partial charge in [-0.1, -0.05) is 27.2 Å². The first-order valence-electron chi connectivity index (χ1n) is 8.24. The third-order valence-electron chi connectivity index (χ3n) is 3.88. The van der Waals surface area contributed by atoms with Crippen LogP contribution in [0.3, 0.4) is 0 Å². The summed E-state index contributed by atoms with van der Waals surface area (Å²) in [7, 11) is 5.51. The molecule has 0 bridgehead atoms. The van der Waals surface area contributed by atoms with Gasteiger partial charge < -0.3 is 15.1 Å². The number of hydrogen-bond donors (Lipinski definition) is 1. The van der Waals surface area contributed by atoms with Crippen LogP contribution in [-0.2, 0) is 6.54 Å². The molecule has 27 heavy (non-hydrogen) atoms. The number of anilines is 2. The summed E-state index contributed by atoms with van der Waals surface area (Å²) < 4.78 is 2.64. The molecule has 0 aliphatic rings. The second kappa shape index (κ2) is 8.17. The van der Waals surface area contributed by atoms with E-state index < -0.39 is 0 Å². The number of nitrogens with one attached hydrogen (secondary N) is 1. The molecule has 3 aromatic rings. The van der Waals surface area contributed by atoms with Gasteiger partial charge >= 0.3 is 6.03 Å². The zero-order valence-electron chi connectivity index (χ0n) is 15.3. The first-order chi connectivity index (χ1) is 12.9. The summed E-state index contributed by atoms with van der Waals surface area (Å²) >= 11 is 3.44. The van der Waals surface area contributed by atoms with Gasteiger partial charge in [0, 0.05) is 31.8 Å². The van der Waals surface area contributed by atoms with Crippen molar-refractivity contribution in [1.82, 2.24) is 24.9 Å². The normalized spacial score (nSPS) is 10.5. The van der Waals surface area contributed by atoms with E-state index in [0.29, 0.717) is 17.9 Å². The lowest BCUT2D eigenvalue weighted by molar-refractivity contribution is 0.220. The average molecular weight is 430 g/mol. The van der Waals surface area contributed by atoms with Crippen molar-refractivity contribution in [2.24, 2.45) is 0 Å². The Kier molecular flexibility index (Phi) is 5.70. The Morgan fingerprint density at radius 3 is 2.81 bits per heavy atom. The van der Waals surface area contributed by atoms with Crippen molar-refractivity contribution in [1.29, 1.82) is 0 Å². The molecule has 0 saturated carbocycles. The smallest absolute Gasteiger partial charge is 0.322 e. The van der Waals surface area contributed by atoms with Crippen LogP contribution < -0.4 is 10.2 Å². The highest BCUT2D eigenvalue weighted by Gasteiger charge is 2.14. The van der Waals surface area contributed by atoms with Crippen LogP contribution in [0.25, 0.3) is 5.69 Å². The lowest BCUT2D eigenvalue weighted by Gasteiger charge is -2.20. The van der Waals surface area contributed by atoms with Crippen molar-refractivity contribution in [3.8, 4) is 5.69 Å². The SMILES string of the molecule is CN(Cc1cn(-c2cccc(Br)c2)nn1)C(=O)Nc1ccncc1N(C)C. The van der Waals surface area contributed by atoms with Crippen molar-refractivity contribution in [3.63, 3.8) is 0 Å². The largest absolute Gasteiger partial charge is 0.375 e. The van der Waals surface area contributed by atoms with Gasteiger partial charge in [-0.2, -0.15) is 0 Å². The minimum atomic E-state index is -0.235. The van der Waals surface area contributed by atoms with E-state index in [2.05, 4.69) is 36.5 Å². The summed E-state index contributed by atoms with van der Waals surface area (Å²) in [6.07, 6.45) is 5.16. The van der Waals surface area contributed by atoms with Gasteiger partial charge in [-0.3, -0.25) is 4.98 Å². The summed E-state index contributed by atoms with van der Waals surface area (Å²) in [5.41, 5.74) is 3.11. The molecule has 0 atom stereocenters. The molecule has 0 unspecified atom stereocenters. The predicted octanol–water partition coefficient (Wildman–Crippen LogP) is 3.15. The summed E-state index contributed by atoms with van der Waals surface area (Å²) in [5.74, 6) is 0. The molecular weight excluding hydrogens is 410 g/mol. The zero-order valence-corrected chi connectivity index (χ0v) is 16.9. The standard InChI is InChI=1S/C18H20BrN7O/c1-24(2)17-10-20-8-7-16(17)21-18(27)25(3)11-14-12-26(23-22-14)15-6-4-5-13(19)9-15/h4-10,12H,11H2,1-3H3,(H,20,21,27). The highest BCUT2D eigenvalue weighted by Crippen LogP contribution is 2.22. The molecular formula is C18H20BrN7O. The van der Waals surface area contributed by atoms with Crippen molar-refractivity contribution in [2.75, 3.05) is 31.4 Å². The molecule has 9 heteroatoms. The van der Waals surface area contributed by atoms with E-state index in [1.54, 1.807) is 35.1 Å². The number of nitrogens with zero attached hydrogens (tertiary/aromatic N) is 6. The number of rotatable bonds is 5. The number of pyridine rings is 1. The van der Waals surface area contributed by atoms with E-state index in [0.717, 1.165) is 15.8 Å². The molecule has 0 saturated heterocycles. The third kappa shape index (κ3) is 4.62. The maximum Gasteiger partial charge on any atom is 0.322 e. The quantitative estimate of drug-likeness (QED) is 0.673. The van der Waals surface area contributed by atoms with E-state index in [-0.39, 0.29) is 6.03 Å². The lowest BCUT2D eigenvalue weighted by Crippen LogP contribution is -2.31. The first kappa shape index (κ1) is 18.8. The van der Waals surface area contributed by atoms with Crippen LogP contribution in [0, 0.1) is 0 Å².